The maximum absolute atomic E-state index is 13.1. The van der Waals surface area contributed by atoms with E-state index in [-0.39, 0.29) is 0 Å². The van der Waals surface area contributed by atoms with Crippen molar-refractivity contribution < 1.29 is 13.2 Å². The predicted molar refractivity (Wildman–Crippen MR) is 136 cm³/mol. The van der Waals surface area contributed by atoms with E-state index in [1.165, 1.54) is 21.6 Å². The van der Waals surface area contributed by atoms with Crippen molar-refractivity contribution in [2.24, 2.45) is 0 Å². The zero-order valence-electron chi connectivity index (χ0n) is 19.7. The van der Waals surface area contributed by atoms with E-state index >= 15 is 0 Å². The van der Waals surface area contributed by atoms with Crippen molar-refractivity contribution in [3.63, 3.8) is 0 Å². The number of halogens is 3. The highest BCUT2D eigenvalue weighted by atomic mass is 32.1. The van der Waals surface area contributed by atoms with E-state index in [0.717, 1.165) is 60.7 Å². The van der Waals surface area contributed by atoms with Crippen molar-refractivity contribution in [3.05, 3.63) is 69.5 Å². The molecule has 0 aliphatic carbocycles. The third kappa shape index (κ3) is 4.79. The standard InChI is InChI=1S/C26H27F3N4OS/c1-17-18(2)25(34)33(16-26(27,28)29)22-8-7-19(15-21(17)22)9-10-31-11-13-32(14-12-31)24-20-5-3-4-6-23(20)35-30-24/h3-8,15H,9-14,16H2,1-2H3. The van der Waals surface area contributed by atoms with Crippen molar-refractivity contribution in [2.75, 3.05) is 37.6 Å². The molecule has 1 aliphatic rings. The van der Waals surface area contributed by atoms with Crippen LogP contribution in [0.2, 0.25) is 0 Å². The lowest BCUT2D eigenvalue weighted by atomic mass is 10.0. The predicted octanol–water partition coefficient (Wildman–Crippen LogP) is 5.16. The molecule has 2 aromatic carbocycles. The number of hydrogen-bond acceptors (Lipinski definition) is 5. The van der Waals surface area contributed by atoms with Gasteiger partial charge < -0.3 is 4.90 Å². The molecule has 1 fully saturated rings. The van der Waals surface area contributed by atoms with Crippen LogP contribution in [-0.4, -0.2) is 52.7 Å². The number of rotatable bonds is 5. The molecular formula is C26H27F3N4OS. The normalized spacial score (nSPS) is 15.4. The molecule has 1 saturated heterocycles. The third-order valence-electron chi connectivity index (χ3n) is 6.97. The zero-order valence-corrected chi connectivity index (χ0v) is 20.5. The van der Waals surface area contributed by atoms with Crippen LogP contribution in [0.25, 0.3) is 21.0 Å². The molecule has 0 atom stereocenters. The van der Waals surface area contributed by atoms with Crippen LogP contribution in [-0.2, 0) is 13.0 Å². The fourth-order valence-corrected chi connectivity index (χ4v) is 5.65. The summed E-state index contributed by atoms with van der Waals surface area (Å²) in [5, 5.41) is 1.92. The Labute approximate surface area is 205 Å². The van der Waals surface area contributed by atoms with Gasteiger partial charge in [-0.25, -0.2) is 0 Å². The van der Waals surface area contributed by atoms with Gasteiger partial charge in [0.2, 0.25) is 0 Å². The Kier molecular flexibility index (Phi) is 6.31. The number of piperazine rings is 1. The molecule has 0 N–H and O–H groups in total. The lowest BCUT2D eigenvalue weighted by Crippen LogP contribution is -2.47. The van der Waals surface area contributed by atoms with Gasteiger partial charge in [0.25, 0.3) is 5.56 Å². The van der Waals surface area contributed by atoms with E-state index in [1.54, 1.807) is 13.0 Å². The highest BCUT2D eigenvalue weighted by molar-refractivity contribution is 7.13. The Morgan fingerprint density at radius 3 is 2.46 bits per heavy atom. The summed E-state index contributed by atoms with van der Waals surface area (Å²) < 4.78 is 46.1. The highest BCUT2D eigenvalue weighted by Crippen LogP contribution is 2.30. The second-order valence-corrected chi connectivity index (χ2v) is 9.99. The summed E-state index contributed by atoms with van der Waals surface area (Å²) in [4.78, 5) is 17.3. The molecule has 0 saturated carbocycles. The van der Waals surface area contributed by atoms with E-state index in [2.05, 4.69) is 26.3 Å². The van der Waals surface area contributed by atoms with Crippen LogP contribution in [0.3, 0.4) is 0 Å². The van der Waals surface area contributed by atoms with Gasteiger partial charge in [0.1, 0.15) is 12.4 Å². The Balaban J connectivity index is 1.28. The number of aromatic nitrogens is 2. The molecule has 184 valence electrons. The van der Waals surface area contributed by atoms with Gasteiger partial charge >= 0.3 is 6.18 Å². The van der Waals surface area contributed by atoms with Gasteiger partial charge in [-0.2, -0.15) is 17.5 Å². The molecule has 35 heavy (non-hydrogen) atoms. The average molecular weight is 501 g/mol. The Morgan fingerprint density at radius 1 is 0.971 bits per heavy atom. The number of pyridine rings is 1. The van der Waals surface area contributed by atoms with Crippen LogP contribution in [0.1, 0.15) is 16.7 Å². The summed E-state index contributed by atoms with van der Waals surface area (Å²) in [5.41, 5.74) is 1.93. The lowest BCUT2D eigenvalue weighted by Gasteiger charge is -2.35. The van der Waals surface area contributed by atoms with Gasteiger partial charge in [-0.1, -0.05) is 18.2 Å². The van der Waals surface area contributed by atoms with Crippen molar-refractivity contribution in [2.45, 2.75) is 33.0 Å². The minimum atomic E-state index is -4.45. The van der Waals surface area contributed by atoms with E-state index in [9.17, 15) is 18.0 Å². The lowest BCUT2D eigenvalue weighted by molar-refractivity contribution is -0.140. The van der Waals surface area contributed by atoms with Crippen LogP contribution < -0.4 is 10.5 Å². The maximum Gasteiger partial charge on any atom is 0.406 e. The van der Waals surface area contributed by atoms with Crippen LogP contribution >= 0.6 is 11.5 Å². The number of fused-ring (bicyclic) bond motifs is 2. The highest BCUT2D eigenvalue weighted by Gasteiger charge is 2.30. The first-order chi connectivity index (χ1) is 16.7. The quantitative estimate of drug-likeness (QED) is 0.380. The SMILES string of the molecule is Cc1c(C)c2cc(CCN3CCN(c4nsc5ccccc45)CC3)ccc2n(CC(F)(F)F)c1=O. The molecule has 0 spiro atoms. The molecule has 1 aliphatic heterocycles. The third-order valence-corrected chi connectivity index (χ3v) is 7.79. The maximum atomic E-state index is 13.1. The number of benzene rings is 2. The van der Waals surface area contributed by atoms with Gasteiger partial charge in [0.05, 0.1) is 10.2 Å². The van der Waals surface area contributed by atoms with Crippen LogP contribution in [0.15, 0.2) is 47.3 Å². The number of hydrogen-bond donors (Lipinski definition) is 0. The van der Waals surface area contributed by atoms with Gasteiger partial charge in [-0.05, 0) is 67.2 Å². The Hall–Kier alpha value is -2.91. The van der Waals surface area contributed by atoms with Gasteiger partial charge in [0, 0.05) is 49.1 Å². The summed E-state index contributed by atoms with van der Waals surface area (Å²) in [6.45, 7) is 6.69. The summed E-state index contributed by atoms with van der Waals surface area (Å²) in [6, 6.07) is 13.8. The van der Waals surface area contributed by atoms with Crippen LogP contribution in [0.4, 0.5) is 19.0 Å². The Bertz CT molecular complexity index is 1430. The van der Waals surface area contributed by atoms with Gasteiger partial charge in [-0.3, -0.25) is 14.3 Å². The van der Waals surface area contributed by atoms with Crippen molar-refractivity contribution in [1.82, 2.24) is 13.8 Å². The van der Waals surface area contributed by atoms with E-state index in [4.69, 9.17) is 0 Å². The number of aryl methyl sites for hydroxylation is 1. The van der Waals surface area contributed by atoms with E-state index in [0.29, 0.717) is 16.5 Å². The number of nitrogens with zero attached hydrogens (tertiary/aromatic N) is 4. The zero-order chi connectivity index (χ0) is 24.7. The largest absolute Gasteiger partial charge is 0.406 e. The minimum absolute atomic E-state index is 0.336. The van der Waals surface area contributed by atoms with Crippen molar-refractivity contribution in [3.8, 4) is 0 Å². The molecule has 4 aromatic rings. The molecule has 5 rings (SSSR count). The molecule has 0 amide bonds. The molecule has 0 unspecified atom stereocenters. The molecule has 2 aromatic heterocycles. The first-order valence-corrected chi connectivity index (χ1v) is 12.5. The molecule has 3 heterocycles. The average Bonchev–Trinajstić information content (AvgIpc) is 3.28. The monoisotopic (exact) mass is 500 g/mol. The van der Waals surface area contributed by atoms with Crippen molar-refractivity contribution >= 4 is 38.3 Å². The number of alkyl halides is 3. The molecule has 9 heteroatoms. The fourth-order valence-electron chi connectivity index (χ4n) is 4.86. The van der Waals surface area contributed by atoms with E-state index in [1.807, 2.05) is 31.2 Å². The molecule has 0 radical (unpaired) electrons. The summed E-state index contributed by atoms with van der Waals surface area (Å²) in [7, 11) is 0. The fraction of sp³-hybridized carbons (Fsp3) is 0.385. The first kappa shape index (κ1) is 23.8. The summed E-state index contributed by atoms with van der Waals surface area (Å²) in [6.07, 6.45) is -3.66. The van der Waals surface area contributed by atoms with Crippen LogP contribution in [0, 0.1) is 13.8 Å². The molecule has 0 bridgehead atoms. The summed E-state index contributed by atoms with van der Waals surface area (Å²) in [5.74, 6) is 1.07. The van der Waals surface area contributed by atoms with Crippen LogP contribution in [0.5, 0.6) is 0 Å². The topological polar surface area (TPSA) is 41.4 Å². The van der Waals surface area contributed by atoms with E-state index < -0.39 is 18.3 Å². The molecule has 5 nitrogen and oxygen atoms in total. The summed E-state index contributed by atoms with van der Waals surface area (Å²) >= 11 is 1.53. The van der Waals surface area contributed by atoms with Crippen molar-refractivity contribution in [1.29, 1.82) is 0 Å². The smallest absolute Gasteiger partial charge is 0.353 e. The van der Waals surface area contributed by atoms with Gasteiger partial charge in [0.15, 0.2) is 0 Å². The molecular weight excluding hydrogens is 473 g/mol. The second kappa shape index (κ2) is 9.28. The first-order valence-electron chi connectivity index (χ1n) is 11.7. The number of anilines is 1. The van der Waals surface area contributed by atoms with Gasteiger partial charge in [-0.15, -0.1) is 0 Å². The second-order valence-electron chi connectivity index (χ2n) is 9.19. The Morgan fingerprint density at radius 2 is 1.71 bits per heavy atom. The minimum Gasteiger partial charge on any atom is -0.353 e.